The second kappa shape index (κ2) is 8.18. The highest BCUT2D eigenvalue weighted by molar-refractivity contribution is 5.86. The zero-order chi connectivity index (χ0) is 19.5. The van der Waals surface area contributed by atoms with Crippen molar-refractivity contribution in [2.24, 2.45) is 5.92 Å². The lowest BCUT2D eigenvalue weighted by molar-refractivity contribution is -0.136. The molecule has 28 heavy (non-hydrogen) atoms. The van der Waals surface area contributed by atoms with Gasteiger partial charge in [-0.3, -0.25) is 4.79 Å². The predicted octanol–water partition coefficient (Wildman–Crippen LogP) is 6.54. The minimum atomic E-state index is -0.767. The normalized spacial score (nSPS) is 20.3. The summed E-state index contributed by atoms with van der Waals surface area (Å²) >= 11 is 0. The number of aliphatic carboxylic acids is 1. The summed E-state index contributed by atoms with van der Waals surface area (Å²) in [7, 11) is 0. The summed E-state index contributed by atoms with van der Waals surface area (Å²) in [5.74, 6) is 1.17. The quantitative estimate of drug-likeness (QED) is 0.533. The zero-order valence-corrected chi connectivity index (χ0v) is 16.5. The molecule has 1 aliphatic carbocycles. The van der Waals surface area contributed by atoms with Crippen molar-refractivity contribution in [3.8, 4) is 0 Å². The van der Waals surface area contributed by atoms with E-state index in [0.717, 1.165) is 11.5 Å². The van der Waals surface area contributed by atoms with Crippen LogP contribution in [0, 0.1) is 5.92 Å². The summed E-state index contributed by atoms with van der Waals surface area (Å²) in [6.45, 7) is 2.37. The van der Waals surface area contributed by atoms with Gasteiger partial charge in [0, 0.05) is 0 Å². The van der Waals surface area contributed by atoms with Gasteiger partial charge >= 0.3 is 5.97 Å². The summed E-state index contributed by atoms with van der Waals surface area (Å²) < 4.78 is 0. The van der Waals surface area contributed by atoms with E-state index >= 15 is 0 Å². The van der Waals surface area contributed by atoms with E-state index in [1.54, 1.807) is 0 Å². The van der Waals surface area contributed by atoms with Crippen molar-refractivity contribution < 1.29 is 9.90 Å². The molecule has 0 radical (unpaired) electrons. The van der Waals surface area contributed by atoms with Crippen LogP contribution in [-0.2, 0) is 11.2 Å². The van der Waals surface area contributed by atoms with Crippen LogP contribution in [0.15, 0.2) is 66.7 Å². The molecule has 0 aliphatic heterocycles. The first kappa shape index (κ1) is 18.7. The monoisotopic (exact) mass is 372 g/mol. The summed E-state index contributed by atoms with van der Waals surface area (Å²) in [4.78, 5) is 10.9. The number of hydrogen-bond donors (Lipinski definition) is 1. The Labute approximate surface area is 167 Å². The number of carboxylic acid groups (broad SMARTS) is 1. The highest BCUT2D eigenvalue weighted by Gasteiger charge is 2.27. The van der Waals surface area contributed by atoms with E-state index in [9.17, 15) is 4.79 Å². The Kier molecular flexibility index (Phi) is 5.47. The van der Waals surface area contributed by atoms with Gasteiger partial charge in [0.1, 0.15) is 0 Å². The highest BCUT2D eigenvalue weighted by Crippen LogP contribution is 2.43. The van der Waals surface area contributed by atoms with Crippen molar-refractivity contribution in [3.63, 3.8) is 0 Å². The van der Waals surface area contributed by atoms with Gasteiger partial charge in [-0.1, -0.05) is 73.7 Å². The van der Waals surface area contributed by atoms with Gasteiger partial charge in [-0.05, 0) is 70.9 Å². The summed E-state index contributed by atoms with van der Waals surface area (Å²) in [5, 5.41) is 11.6. The van der Waals surface area contributed by atoms with E-state index in [1.165, 1.54) is 47.6 Å². The summed E-state index contributed by atoms with van der Waals surface area (Å²) in [5.41, 5.74) is 3.73. The van der Waals surface area contributed by atoms with Crippen LogP contribution in [0.2, 0.25) is 0 Å². The predicted molar refractivity (Wildman–Crippen MR) is 115 cm³/mol. The molecule has 0 spiro atoms. The Bertz CT molecular complexity index is 952. The zero-order valence-electron chi connectivity index (χ0n) is 16.5. The van der Waals surface area contributed by atoms with E-state index in [0.29, 0.717) is 11.8 Å². The molecule has 3 aromatic rings. The van der Waals surface area contributed by atoms with Gasteiger partial charge in [0.15, 0.2) is 0 Å². The number of benzene rings is 3. The average Bonchev–Trinajstić information content (AvgIpc) is 3.16. The molecule has 1 fully saturated rings. The van der Waals surface area contributed by atoms with Crippen LogP contribution in [0.25, 0.3) is 10.8 Å². The second-order valence-corrected chi connectivity index (χ2v) is 8.39. The van der Waals surface area contributed by atoms with Crippen molar-refractivity contribution in [2.75, 3.05) is 0 Å². The van der Waals surface area contributed by atoms with Crippen LogP contribution in [0.3, 0.4) is 0 Å². The molecule has 0 amide bonds. The van der Waals surface area contributed by atoms with Crippen LogP contribution >= 0.6 is 0 Å². The van der Waals surface area contributed by atoms with E-state index in [1.807, 2.05) is 12.1 Å². The molecule has 1 aliphatic rings. The third-order valence-electron chi connectivity index (χ3n) is 6.39. The molecular weight excluding hydrogens is 344 g/mol. The molecule has 1 saturated carbocycles. The SMILES string of the molecule is C[C@@H](C[C@H]1CC[C@@H](c2ccc(CC(=O)O)cc2)C1)c1cccc2ccccc12. The Morgan fingerprint density at radius 2 is 1.75 bits per heavy atom. The summed E-state index contributed by atoms with van der Waals surface area (Å²) in [6, 6.07) is 23.6. The van der Waals surface area contributed by atoms with Crippen molar-refractivity contribution in [2.45, 2.75) is 50.9 Å². The number of rotatable bonds is 6. The standard InChI is InChI=1S/C26H28O2/c1-18(24-8-4-6-22-5-2-3-7-25(22)24)15-20-11-14-23(16-20)21-12-9-19(10-13-21)17-26(27)28/h2-10,12-13,18,20,23H,11,14-17H2,1H3,(H,27,28)/t18-,20+,23+/m0/s1. The van der Waals surface area contributed by atoms with Gasteiger partial charge in [-0.25, -0.2) is 0 Å². The van der Waals surface area contributed by atoms with Gasteiger partial charge in [-0.2, -0.15) is 0 Å². The lowest BCUT2D eigenvalue weighted by atomic mass is 9.86. The number of fused-ring (bicyclic) bond motifs is 1. The van der Waals surface area contributed by atoms with Crippen molar-refractivity contribution >= 4 is 16.7 Å². The minimum absolute atomic E-state index is 0.107. The molecule has 4 rings (SSSR count). The van der Waals surface area contributed by atoms with E-state index < -0.39 is 5.97 Å². The topological polar surface area (TPSA) is 37.3 Å². The molecular formula is C26H28O2. The maximum Gasteiger partial charge on any atom is 0.307 e. The van der Waals surface area contributed by atoms with E-state index in [4.69, 9.17) is 5.11 Å². The van der Waals surface area contributed by atoms with Gasteiger partial charge < -0.3 is 5.11 Å². The third-order valence-corrected chi connectivity index (χ3v) is 6.39. The van der Waals surface area contributed by atoms with Crippen LogP contribution in [0.1, 0.15) is 61.1 Å². The van der Waals surface area contributed by atoms with Crippen LogP contribution in [0.4, 0.5) is 0 Å². The van der Waals surface area contributed by atoms with Crippen LogP contribution in [0.5, 0.6) is 0 Å². The van der Waals surface area contributed by atoms with Crippen molar-refractivity contribution in [3.05, 3.63) is 83.4 Å². The highest BCUT2D eigenvalue weighted by atomic mass is 16.4. The first-order chi connectivity index (χ1) is 13.6. The Hall–Kier alpha value is -2.61. The molecule has 0 bridgehead atoms. The Balaban J connectivity index is 1.41. The fraction of sp³-hybridized carbons (Fsp3) is 0.346. The molecule has 3 atom stereocenters. The Morgan fingerprint density at radius 3 is 2.54 bits per heavy atom. The molecule has 0 unspecified atom stereocenters. The van der Waals surface area contributed by atoms with E-state index in [-0.39, 0.29) is 6.42 Å². The van der Waals surface area contributed by atoms with Crippen LogP contribution in [-0.4, -0.2) is 11.1 Å². The number of hydrogen-bond acceptors (Lipinski definition) is 1. The first-order valence-corrected chi connectivity index (χ1v) is 10.4. The molecule has 2 heteroatoms. The smallest absolute Gasteiger partial charge is 0.307 e. The van der Waals surface area contributed by atoms with Gasteiger partial charge in [0.05, 0.1) is 6.42 Å². The second-order valence-electron chi connectivity index (χ2n) is 8.39. The van der Waals surface area contributed by atoms with E-state index in [2.05, 4.69) is 61.5 Å². The lowest BCUT2D eigenvalue weighted by Crippen LogP contribution is -2.04. The fourth-order valence-electron chi connectivity index (χ4n) is 4.98. The largest absolute Gasteiger partial charge is 0.481 e. The van der Waals surface area contributed by atoms with Crippen molar-refractivity contribution in [1.82, 2.24) is 0 Å². The third kappa shape index (κ3) is 4.11. The number of carbonyl (C=O) groups is 1. The Morgan fingerprint density at radius 1 is 1.00 bits per heavy atom. The van der Waals surface area contributed by atoms with Gasteiger partial charge in [-0.15, -0.1) is 0 Å². The lowest BCUT2D eigenvalue weighted by Gasteiger charge is -2.19. The summed E-state index contributed by atoms with van der Waals surface area (Å²) in [6.07, 6.45) is 5.12. The number of carboxylic acids is 1. The molecule has 0 heterocycles. The van der Waals surface area contributed by atoms with Crippen molar-refractivity contribution in [1.29, 1.82) is 0 Å². The molecule has 0 aromatic heterocycles. The molecule has 2 nitrogen and oxygen atoms in total. The molecule has 144 valence electrons. The average molecular weight is 373 g/mol. The molecule has 3 aromatic carbocycles. The maximum absolute atomic E-state index is 10.9. The van der Waals surface area contributed by atoms with Gasteiger partial charge in [0.2, 0.25) is 0 Å². The first-order valence-electron chi connectivity index (χ1n) is 10.4. The molecule has 0 saturated heterocycles. The minimum Gasteiger partial charge on any atom is -0.481 e. The fourth-order valence-corrected chi connectivity index (χ4v) is 4.98. The van der Waals surface area contributed by atoms with Gasteiger partial charge in [0.25, 0.3) is 0 Å². The maximum atomic E-state index is 10.9. The van der Waals surface area contributed by atoms with Crippen LogP contribution < -0.4 is 0 Å². The molecule has 1 N–H and O–H groups in total.